The number of phenolic OH excluding ortho intramolecular Hbond substituents is 1. The number of rotatable bonds is 6. The number of aliphatic hydroxyl groups excluding tert-OH is 1. The maximum absolute atomic E-state index is 13.2. The van der Waals surface area contributed by atoms with Crippen LogP contribution in [0.5, 0.6) is 11.5 Å². The molecule has 1 aliphatic rings. The van der Waals surface area contributed by atoms with Crippen molar-refractivity contribution in [3.05, 3.63) is 95.1 Å². The Morgan fingerprint density at radius 1 is 1.00 bits per heavy atom. The first-order valence-corrected chi connectivity index (χ1v) is 11.5. The Labute approximate surface area is 211 Å². The van der Waals surface area contributed by atoms with Crippen molar-refractivity contribution in [2.45, 2.75) is 26.1 Å². The summed E-state index contributed by atoms with van der Waals surface area (Å²) >= 11 is 0. The van der Waals surface area contributed by atoms with E-state index in [1.807, 2.05) is 13.8 Å². The zero-order valence-electron chi connectivity index (χ0n) is 20.0. The number of nitrogens with zero attached hydrogens (tertiary/aromatic N) is 1. The predicted molar refractivity (Wildman–Crippen MR) is 131 cm³/mol. The standard InChI is InChI=1S/C28H24F3NO5/c1-16(2)15-37-22-5-3-4-18(14-22)25(34)23-24(17-6-12-21(33)13-7-17)32(27(36)26(23)35)20-10-8-19(9-11-20)28(29,30)31/h3-14,16,24,33-34H,15H2,1-2H3/b25-23+. The van der Waals surface area contributed by atoms with Crippen molar-refractivity contribution in [2.75, 3.05) is 11.5 Å². The van der Waals surface area contributed by atoms with E-state index in [1.54, 1.807) is 18.2 Å². The van der Waals surface area contributed by atoms with E-state index >= 15 is 0 Å². The van der Waals surface area contributed by atoms with Gasteiger partial charge >= 0.3 is 6.18 Å². The SMILES string of the molecule is CC(C)COc1cccc(/C(O)=C2\C(=O)C(=O)N(c3ccc(C(F)(F)F)cc3)C2c2ccc(O)cc2)c1. The van der Waals surface area contributed by atoms with Crippen LogP contribution in [0.1, 0.15) is 36.6 Å². The van der Waals surface area contributed by atoms with Crippen LogP contribution in [0.25, 0.3) is 5.76 Å². The third kappa shape index (κ3) is 5.30. The molecule has 1 amide bonds. The molecule has 1 aliphatic heterocycles. The van der Waals surface area contributed by atoms with Gasteiger partial charge in [0.2, 0.25) is 0 Å². The van der Waals surface area contributed by atoms with Gasteiger partial charge in [0.1, 0.15) is 17.3 Å². The summed E-state index contributed by atoms with van der Waals surface area (Å²) in [6.45, 7) is 4.38. The summed E-state index contributed by atoms with van der Waals surface area (Å²) in [6, 6.07) is 14.7. The van der Waals surface area contributed by atoms with Gasteiger partial charge in [-0.3, -0.25) is 14.5 Å². The molecule has 0 radical (unpaired) electrons. The quantitative estimate of drug-likeness (QED) is 0.238. The van der Waals surface area contributed by atoms with Gasteiger partial charge in [0.25, 0.3) is 11.7 Å². The summed E-state index contributed by atoms with van der Waals surface area (Å²) < 4.78 is 45.0. The predicted octanol–water partition coefficient (Wildman–Crippen LogP) is 6.07. The number of carbonyl (C=O) groups excluding carboxylic acids is 2. The highest BCUT2D eigenvalue weighted by molar-refractivity contribution is 6.51. The zero-order chi connectivity index (χ0) is 26.9. The van der Waals surface area contributed by atoms with Gasteiger partial charge < -0.3 is 14.9 Å². The van der Waals surface area contributed by atoms with Gasteiger partial charge in [-0.2, -0.15) is 13.2 Å². The molecule has 192 valence electrons. The van der Waals surface area contributed by atoms with Gasteiger partial charge in [-0.1, -0.05) is 38.1 Å². The molecule has 1 unspecified atom stereocenters. The average molecular weight is 511 g/mol. The van der Waals surface area contributed by atoms with Crippen molar-refractivity contribution in [3.8, 4) is 11.5 Å². The van der Waals surface area contributed by atoms with Crippen LogP contribution in [0.3, 0.4) is 0 Å². The van der Waals surface area contributed by atoms with E-state index in [1.165, 1.54) is 30.3 Å². The summed E-state index contributed by atoms with van der Waals surface area (Å²) in [5.74, 6) is -1.82. The molecule has 0 aromatic heterocycles. The fraction of sp³-hybridized carbons (Fsp3) is 0.214. The van der Waals surface area contributed by atoms with Crippen molar-refractivity contribution >= 4 is 23.1 Å². The topological polar surface area (TPSA) is 87.1 Å². The monoisotopic (exact) mass is 511 g/mol. The number of alkyl halides is 3. The maximum atomic E-state index is 13.2. The minimum absolute atomic E-state index is 0.0428. The normalized spacial score (nSPS) is 17.5. The van der Waals surface area contributed by atoms with Crippen molar-refractivity contribution in [1.29, 1.82) is 0 Å². The number of ether oxygens (including phenoxy) is 1. The first-order chi connectivity index (χ1) is 17.5. The Morgan fingerprint density at radius 2 is 1.65 bits per heavy atom. The Balaban J connectivity index is 1.84. The molecule has 3 aromatic carbocycles. The molecule has 0 saturated carbocycles. The number of aliphatic hydroxyl groups is 1. The lowest BCUT2D eigenvalue weighted by molar-refractivity contribution is -0.137. The van der Waals surface area contributed by atoms with E-state index in [0.717, 1.165) is 29.2 Å². The van der Waals surface area contributed by atoms with E-state index in [9.17, 15) is 33.0 Å². The van der Waals surface area contributed by atoms with Gasteiger partial charge in [0.05, 0.1) is 23.8 Å². The number of Topliss-reactive ketones (excluding diaryl/α,β-unsaturated/α-hetero) is 1. The fourth-order valence-electron chi connectivity index (χ4n) is 4.03. The van der Waals surface area contributed by atoms with E-state index in [-0.39, 0.29) is 28.5 Å². The molecule has 0 aliphatic carbocycles. The van der Waals surface area contributed by atoms with E-state index in [0.29, 0.717) is 17.9 Å². The number of phenols is 1. The van der Waals surface area contributed by atoms with Crippen LogP contribution in [0.4, 0.5) is 18.9 Å². The molecule has 1 fully saturated rings. The third-order valence-corrected chi connectivity index (χ3v) is 5.82. The highest BCUT2D eigenvalue weighted by Gasteiger charge is 2.47. The minimum atomic E-state index is -4.58. The molecule has 1 saturated heterocycles. The number of hydrogen-bond acceptors (Lipinski definition) is 5. The Morgan fingerprint density at radius 3 is 2.24 bits per heavy atom. The number of halogens is 3. The Bertz CT molecular complexity index is 1350. The number of anilines is 1. The summed E-state index contributed by atoms with van der Waals surface area (Å²) in [6.07, 6.45) is -4.58. The second kappa shape index (κ2) is 10.0. The lowest BCUT2D eigenvalue weighted by Crippen LogP contribution is -2.29. The van der Waals surface area contributed by atoms with Gasteiger partial charge in [-0.15, -0.1) is 0 Å². The second-order valence-corrected chi connectivity index (χ2v) is 9.04. The van der Waals surface area contributed by atoms with Crippen LogP contribution in [0.15, 0.2) is 78.4 Å². The van der Waals surface area contributed by atoms with Gasteiger partial charge in [-0.05, 0) is 60.0 Å². The molecule has 2 N–H and O–H groups in total. The summed E-state index contributed by atoms with van der Waals surface area (Å²) in [5, 5.41) is 21.0. The molecule has 3 aromatic rings. The summed E-state index contributed by atoms with van der Waals surface area (Å²) in [5.41, 5.74) is -0.508. The smallest absolute Gasteiger partial charge is 0.416 e. The molecule has 9 heteroatoms. The van der Waals surface area contributed by atoms with Crippen molar-refractivity contribution < 1.29 is 37.7 Å². The first kappa shape index (κ1) is 25.8. The molecule has 0 bridgehead atoms. The van der Waals surface area contributed by atoms with Crippen molar-refractivity contribution in [3.63, 3.8) is 0 Å². The third-order valence-electron chi connectivity index (χ3n) is 5.82. The van der Waals surface area contributed by atoms with Crippen LogP contribution in [0.2, 0.25) is 0 Å². The van der Waals surface area contributed by atoms with Crippen LogP contribution in [-0.2, 0) is 15.8 Å². The second-order valence-electron chi connectivity index (χ2n) is 9.04. The van der Waals surface area contributed by atoms with Crippen LogP contribution < -0.4 is 9.64 Å². The molecule has 6 nitrogen and oxygen atoms in total. The molecule has 1 heterocycles. The minimum Gasteiger partial charge on any atom is -0.508 e. The Kier molecular flexibility index (Phi) is 6.98. The highest BCUT2D eigenvalue weighted by atomic mass is 19.4. The Hall–Kier alpha value is -4.27. The van der Waals surface area contributed by atoms with Gasteiger partial charge in [-0.25, -0.2) is 0 Å². The zero-order valence-corrected chi connectivity index (χ0v) is 20.0. The molecule has 0 spiro atoms. The fourth-order valence-corrected chi connectivity index (χ4v) is 4.03. The van der Waals surface area contributed by atoms with Crippen molar-refractivity contribution in [1.82, 2.24) is 0 Å². The number of benzene rings is 3. The summed E-state index contributed by atoms with van der Waals surface area (Å²) in [4.78, 5) is 27.4. The largest absolute Gasteiger partial charge is 0.508 e. The number of carbonyl (C=O) groups is 2. The summed E-state index contributed by atoms with van der Waals surface area (Å²) in [7, 11) is 0. The maximum Gasteiger partial charge on any atom is 0.416 e. The average Bonchev–Trinajstić information content (AvgIpc) is 3.12. The number of ketones is 1. The number of amides is 1. The van der Waals surface area contributed by atoms with E-state index in [4.69, 9.17) is 4.74 Å². The van der Waals surface area contributed by atoms with Crippen LogP contribution in [0, 0.1) is 5.92 Å². The lowest BCUT2D eigenvalue weighted by atomic mass is 9.95. The molecular formula is C28H24F3NO5. The van der Waals surface area contributed by atoms with Crippen molar-refractivity contribution in [2.24, 2.45) is 5.92 Å². The van der Waals surface area contributed by atoms with Gasteiger partial charge in [0, 0.05) is 11.3 Å². The highest BCUT2D eigenvalue weighted by Crippen LogP contribution is 2.43. The molecular weight excluding hydrogens is 487 g/mol. The number of hydrogen-bond donors (Lipinski definition) is 2. The number of aromatic hydroxyl groups is 1. The van der Waals surface area contributed by atoms with Crippen LogP contribution >= 0.6 is 0 Å². The molecule has 37 heavy (non-hydrogen) atoms. The van der Waals surface area contributed by atoms with Gasteiger partial charge in [0.15, 0.2) is 0 Å². The van der Waals surface area contributed by atoms with E-state index < -0.39 is 35.2 Å². The van der Waals surface area contributed by atoms with E-state index in [2.05, 4.69) is 0 Å². The molecule has 4 rings (SSSR count). The molecule has 1 atom stereocenters. The first-order valence-electron chi connectivity index (χ1n) is 11.5. The lowest BCUT2D eigenvalue weighted by Gasteiger charge is -2.26. The van der Waals surface area contributed by atoms with Crippen LogP contribution in [-0.4, -0.2) is 28.5 Å².